The van der Waals surface area contributed by atoms with Crippen LogP contribution in [-0.4, -0.2) is 60.4 Å². The lowest BCUT2D eigenvalue weighted by Crippen LogP contribution is -2.35. The molecule has 7 nitrogen and oxygen atoms in total. The Hall–Kier alpha value is -2.94. The number of thiazole rings is 1. The van der Waals surface area contributed by atoms with E-state index in [4.69, 9.17) is 14.5 Å². The lowest BCUT2D eigenvalue weighted by Gasteiger charge is -2.26. The maximum Gasteiger partial charge on any atom is 0.309 e. The number of carbonyl (C=O) groups is 1. The third-order valence-electron chi connectivity index (χ3n) is 8.71. The van der Waals surface area contributed by atoms with Gasteiger partial charge < -0.3 is 19.5 Å². The summed E-state index contributed by atoms with van der Waals surface area (Å²) in [6.45, 7) is 10.9. The number of anilines is 1. The Labute approximate surface area is 234 Å². The second-order valence-corrected chi connectivity index (χ2v) is 12.2. The summed E-state index contributed by atoms with van der Waals surface area (Å²) in [6, 6.07) is 12.9. The Kier molecular flexibility index (Phi) is 7.35. The zero-order chi connectivity index (χ0) is 27.0. The minimum atomic E-state index is -0.627. The van der Waals surface area contributed by atoms with Gasteiger partial charge in [0.15, 0.2) is 5.13 Å². The van der Waals surface area contributed by atoms with E-state index < -0.39 is 11.4 Å². The summed E-state index contributed by atoms with van der Waals surface area (Å²) < 4.78 is 11.9. The van der Waals surface area contributed by atoms with Gasteiger partial charge in [-0.25, -0.2) is 4.98 Å². The van der Waals surface area contributed by atoms with Crippen LogP contribution in [0.3, 0.4) is 0 Å². The molecular weight excluding hydrogens is 510 g/mol. The first-order valence-corrected chi connectivity index (χ1v) is 14.9. The number of nitrogens with zero attached hydrogens (tertiary/aromatic N) is 3. The fourth-order valence-corrected chi connectivity index (χ4v) is 6.96. The van der Waals surface area contributed by atoms with E-state index in [1.807, 2.05) is 6.07 Å². The van der Waals surface area contributed by atoms with Gasteiger partial charge in [-0.1, -0.05) is 29.8 Å². The van der Waals surface area contributed by atoms with Gasteiger partial charge in [-0.3, -0.25) is 9.69 Å². The Balaban J connectivity index is 1.14. The number of carboxylic acid groups (broad SMARTS) is 1. The normalized spacial score (nSPS) is 23.2. The van der Waals surface area contributed by atoms with Gasteiger partial charge in [0.2, 0.25) is 0 Å². The molecule has 6 rings (SSSR count). The number of benzene rings is 2. The first-order chi connectivity index (χ1) is 18.9. The number of aryl methyl sites for hydroxylation is 2. The predicted octanol–water partition coefficient (Wildman–Crippen LogP) is 5.53. The van der Waals surface area contributed by atoms with Crippen LogP contribution in [0.4, 0.5) is 5.13 Å². The first-order valence-electron chi connectivity index (χ1n) is 14.0. The average Bonchev–Trinajstić information content (AvgIpc) is 3.50. The second-order valence-electron chi connectivity index (χ2n) is 11.3. The molecule has 1 N–H and O–H groups in total. The van der Waals surface area contributed by atoms with Gasteiger partial charge in [0.25, 0.3) is 0 Å². The molecule has 1 aromatic heterocycles. The minimum Gasteiger partial charge on any atom is -0.488 e. The molecule has 3 fully saturated rings. The standard InChI is InChI=1S/C31H37N3O4S/c1-21-3-6-28(38-19-24-5-4-23(16-22(24)2)18-33-11-13-37-14-12-33)26(15-21)27-20-39-30(32-27)34-9-7-25-17-31(25,8-10-34)29(35)36/h3-6,15-16,20,25H,7-14,17-19H2,1-2H3,(H,35,36). The molecule has 0 spiro atoms. The summed E-state index contributed by atoms with van der Waals surface area (Å²) >= 11 is 1.63. The van der Waals surface area contributed by atoms with Crippen LogP contribution in [0.25, 0.3) is 11.3 Å². The topological polar surface area (TPSA) is 75.1 Å². The molecule has 0 amide bonds. The van der Waals surface area contributed by atoms with Crippen LogP contribution >= 0.6 is 11.3 Å². The number of aliphatic carboxylic acids is 1. The Morgan fingerprint density at radius 1 is 1.15 bits per heavy atom. The number of carboxylic acids is 1. The fourth-order valence-electron chi connectivity index (χ4n) is 6.08. The highest BCUT2D eigenvalue weighted by atomic mass is 32.1. The highest BCUT2D eigenvalue weighted by Gasteiger charge is 2.60. The molecule has 8 heteroatoms. The van der Waals surface area contributed by atoms with Crippen molar-refractivity contribution in [1.82, 2.24) is 9.88 Å². The van der Waals surface area contributed by atoms with E-state index in [-0.39, 0.29) is 0 Å². The van der Waals surface area contributed by atoms with Gasteiger partial charge in [-0.2, -0.15) is 0 Å². The summed E-state index contributed by atoms with van der Waals surface area (Å²) in [5, 5.41) is 12.8. The maximum atomic E-state index is 11.8. The molecule has 206 valence electrons. The number of morpholine rings is 1. The molecule has 2 aliphatic heterocycles. The van der Waals surface area contributed by atoms with Gasteiger partial charge >= 0.3 is 5.97 Å². The largest absolute Gasteiger partial charge is 0.488 e. The molecule has 3 aromatic rings. The van der Waals surface area contributed by atoms with Crippen molar-refractivity contribution in [3.8, 4) is 17.0 Å². The van der Waals surface area contributed by atoms with Crippen molar-refractivity contribution in [2.24, 2.45) is 11.3 Å². The number of aromatic nitrogens is 1. The van der Waals surface area contributed by atoms with Crippen LogP contribution in [0.2, 0.25) is 0 Å². The van der Waals surface area contributed by atoms with Gasteiger partial charge in [0.05, 0.1) is 24.3 Å². The smallest absolute Gasteiger partial charge is 0.309 e. The molecule has 2 atom stereocenters. The van der Waals surface area contributed by atoms with Crippen molar-refractivity contribution < 1.29 is 19.4 Å². The summed E-state index contributed by atoms with van der Waals surface area (Å²) in [5.41, 5.74) is 6.32. The van der Waals surface area contributed by atoms with E-state index in [1.165, 1.54) is 16.7 Å². The quantitative estimate of drug-likeness (QED) is 0.398. The van der Waals surface area contributed by atoms with E-state index in [2.05, 4.69) is 59.4 Å². The SMILES string of the molecule is Cc1ccc(OCc2ccc(CN3CCOCC3)cc2C)c(-c2csc(N3CCC4CC4(C(=O)O)CC3)n2)c1. The number of ether oxygens (including phenoxy) is 2. The molecule has 0 radical (unpaired) electrons. The van der Waals surface area contributed by atoms with E-state index >= 15 is 0 Å². The van der Waals surface area contributed by atoms with Crippen molar-refractivity contribution in [3.63, 3.8) is 0 Å². The van der Waals surface area contributed by atoms with Gasteiger partial charge in [0.1, 0.15) is 12.4 Å². The highest BCUT2D eigenvalue weighted by molar-refractivity contribution is 7.14. The van der Waals surface area contributed by atoms with Crippen molar-refractivity contribution in [2.45, 2.75) is 46.3 Å². The molecule has 3 heterocycles. The molecule has 2 saturated heterocycles. The fraction of sp³-hybridized carbons (Fsp3) is 0.484. The number of fused-ring (bicyclic) bond motifs is 1. The monoisotopic (exact) mass is 547 g/mol. The maximum absolute atomic E-state index is 11.8. The van der Waals surface area contributed by atoms with Crippen LogP contribution in [0.5, 0.6) is 5.75 Å². The number of hydrogen-bond donors (Lipinski definition) is 1. The molecule has 39 heavy (non-hydrogen) atoms. The first kappa shape index (κ1) is 26.3. The molecule has 2 aromatic carbocycles. The van der Waals surface area contributed by atoms with Crippen LogP contribution in [0.1, 0.15) is 41.5 Å². The number of hydrogen-bond acceptors (Lipinski definition) is 7. The van der Waals surface area contributed by atoms with E-state index in [1.54, 1.807) is 11.3 Å². The summed E-state index contributed by atoms with van der Waals surface area (Å²) in [7, 11) is 0. The third kappa shape index (κ3) is 5.55. The molecule has 0 bridgehead atoms. The van der Waals surface area contributed by atoms with Crippen LogP contribution in [0.15, 0.2) is 41.8 Å². The third-order valence-corrected chi connectivity index (χ3v) is 9.61. The van der Waals surface area contributed by atoms with Crippen molar-refractivity contribution in [2.75, 3.05) is 44.3 Å². The second kappa shape index (κ2) is 10.9. The van der Waals surface area contributed by atoms with E-state index in [0.29, 0.717) is 18.9 Å². The van der Waals surface area contributed by atoms with E-state index in [0.717, 1.165) is 86.5 Å². The average molecular weight is 548 g/mol. The lowest BCUT2D eigenvalue weighted by atomic mass is 9.99. The Bertz CT molecular complexity index is 1350. The van der Waals surface area contributed by atoms with Crippen molar-refractivity contribution in [3.05, 3.63) is 64.0 Å². The van der Waals surface area contributed by atoms with E-state index in [9.17, 15) is 9.90 Å². The summed E-state index contributed by atoms with van der Waals surface area (Å²) in [4.78, 5) is 21.5. The Morgan fingerprint density at radius 2 is 2.00 bits per heavy atom. The Morgan fingerprint density at radius 3 is 2.79 bits per heavy atom. The zero-order valence-corrected chi connectivity index (χ0v) is 23.6. The van der Waals surface area contributed by atoms with Crippen LogP contribution in [-0.2, 0) is 22.7 Å². The van der Waals surface area contributed by atoms with Crippen LogP contribution in [0, 0.1) is 25.2 Å². The summed E-state index contributed by atoms with van der Waals surface area (Å²) in [6.07, 6.45) is 2.45. The molecule has 1 aliphatic carbocycles. The van der Waals surface area contributed by atoms with Gasteiger partial charge in [0, 0.05) is 43.7 Å². The highest BCUT2D eigenvalue weighted by Crippen LogP contribution is 2.58. The minimum absolute atomic E-state index is 0.313. The zero-order valence-electron chi connectivity index (χ0n) is 22.8. The molecule has 3 aliphatic rings. The van der Waals surface area contributed by atoms with Crippen LogP contribution < -0.4 is 9.64 Å². The molecule has 2 unspecified atom stereocenters. The molecule has 1 saturated carbocycles. The van der Waals surface area contributed by atoms with Gasteiger partial charge in [-0.15, -0.1) is 11.3 Å². The number of rotatable bonds is 8. The summed E-state index contributed by atoms with van der Waals surface area (Å²) in [5.74, 6) is 0.516. The molecular formula is C31H37N3O4S. The van der Waals surface area contributed by atoms with Gasteiger partial charge in [-0.05, 0) is 67.9 Å². The predicted molar refractivity (Wildman–Crippen MR) is 154 cm³/mol. The van der Waals surface area contributed by atoms with Crippen molar-refractivity contribution in [1.29, 1.82) is 0 Å². The van der Waals surface area contributed by atoms with Crippen molar-refractivity contribution >= 4 is 22.4 Å². The lowest BCUT2D eigenvalue weighted by molar-refractivity contribution is -0.144.